The number of benzene rings is 1. The molecular weight excluding hydrogens is 194 g/mol. The first-order valence-corrected chi connectivity index (χ1v) is 4.96. The van der Waals surface area contributed by atoms with Crippen LogP contribution < -0.4 is 5.32 Å². The minimum absolute atomic E-state index is 0.0418. The SMILES string of the molecule is O=C1Cc2cccc(C#CCS)c2N1. The van der Waals surface area contributed by atoms with Gasteiger partial charge in [0.1, 0.15) is 0 Å². The Bertz CT molecular complexity index is 442. The summed E-state index contributed by atoms with van der Waals surface area (Å²) in [5.41, 5.74) is 2.77. The molecule has 0 saturated carbocycles. The molecule has 1 aromatic carbocycles. The van der Waals surface area contributed by atoms with Gasteiger partial charge in [-0.3, -0.25) is 4.79 Å². The van der Waals surface area contributed by atoms with Gasteiger partial charge in [-0.1, -0.05) is 24.0 Å². The van der Waals surface area contributed by atoms with Crippen LogP contribution in [0.15, 0.2) is 18.2 Å². The van der Waals surface area contributed by atoms with Gasteiger partial charge in [0.05, 0.1) is 17.9 Å². The van der Waals surface area contributed by atoms with Crippen molar-refractivity contribution in [2.75, 3.05) is 11.1 Å². The van der Waals surface area contributed by atoms with Crippen LogP contribution in [0.25, 0.3) is 0 Å². The lowest BCUT2D eigenvalue weighted by atomic mass is 10.1. The molecule has 2 rings (SSSR count). The average molecular weight is 203 g/mol. The lowest BCUT2D eigenvalue weighted by Crippen LogP contribution is -2.04. The normalized spacial score (nSPS) is 12.8. The molecule has 1 amide bonds. The maximum absolute atomic E-state index is 11.2. The fourth-order valence-electron chi connectivity index (χ4n) is 1.49. The third-order valence-electron chi connectivity index (χ3n) is 2.07. The average Bonchev–Trinajstić information content (AvgIpc) is 2.55. The molecule has 70 valence electrons. The molecule has 0 saturated heterocycles. The molecule has 0 spiro atoms. The Morgan fingerprint density at radius 2 is 2.36 bits per heavy atom. The number of carbonyl (C=O) groups excluding carboxylic acids is 1. The number of hydrogen-bond acceptors (Lipinski definition) is 2. The first-order chi connectivity index (χ1) is 6.81. The first kappa shape index (κ1) is 9.17. The highest BCUT2D eigenvalue weighted by molar-refractivity contribution is 7.80. The van der Waals surface area contributed by atoms with Crippen molar-refractivity contribution in [2.24, 2.45) is 0 Å². The van der Waals surface area contributed by atoms with E-state index < -0.39 is 0 Å². The van der Waals surface area contributed by atoms with Crippen LogP contribution in [0.5, 0.6) is 0 Å². The molecule has 1 aliphatic heterocycles. The van der Waals surface area contributed by atoms with Gasteiger partial charge < -0.3 is 5.32 Å². The second-order valence-electron chi connectivity index (χ2n) is 3.02. The number of para-hydroxylation sites is 1. The molecule has 0 atom stereocenters. The number of nitrogens with one attached hydrogen (secondary N) is 1. The summed E-state index contributed by atoms with van der Waals surface area (Å²) < 4.78 is 0. The van der Waals surface area contributed by atoms with E-state index in [4.69, 9.17) is 0 Å². The Labute approximate surface area is 88.1 Å². The molecule has 0 radical (unpaired) electrons. The summed E-state index contributed by atoms with van der Waals surface area (Å²) in [5, 5.41) is 2.81. The van der Waals surface area contributed by atoms with E-state index in [0.29, 0.717) is 12.2 Å². The molecule has 1 N–H and O–H groups in total. The van der Waals surface area contributed by atoms with E-state index in [2.05, 4.69) is 29.8 Å². The summed E-state index contributed by atoms with van der Waals surface area (Å²) in [5.74, 6) is 6.41. The van der Waals surface area contributed by atoms with E-state index in [1.54, 1.807) is 0 Å². The van der Waals surface area contributed by atoms with Gasteiger partial charge in [-0.15, -0.1) is 0 Å². The van der Waals surface area contributed by atoms with Crippen LogP contribution in [0.3, 0.4) is 0 Å². The van der Waals surface area contributed by atoms with E-state index in [0.717, 1.165) is 16.8 Å². The summed E-state index contributed by atoms with van der Waals surface area (Å²) in [6, 6.07) is 5.77. The van der Waals surface area contributed by atoms with Crippen molar-refractivity contribution >= 4 is 24.2 Å². The van der Waals surface area contributed by atoms with E-state index in [9.17, 15) is 4.79 Å². The van der Waals surface area contributed by atoms with Crippen LogP contribution in [0.4, 0.5) is 5.69 Å². The standard InChI is InChI=1S/C11H9NOS/c13-10-7-9-4-1-3-8(5-2-6-14)11(9)12-10/h1,3-4,14H,6-7H2,(H,12,13). The molecule has 2 nitrogen and oxygen atoms in total. The minimum atomic E-state index is 0.0418. The third-order valence-corrected chi connectivity index (χ3v) is 2.23. The highest BCUT2D eigenvalue weighted by Crippen LogP contribution is 2.26. The monoisotopic (exact) mass is 203 g/mol. The van der Waals surface area contributed by atoms with Crippen LogP contribution in [-0.4, -0.2) is 11.7 Å². The molecule has 0 aromatic heterocycles. The maximum atomic E-state index is 11.2. The zero-order valence-corrected chi connectivity index (χ0v) is 8.40. The number of thiol groups is 1. The van der Waals surface area contributed by atoms with Gasteiger partial charge in [0.25, 0.3) is 0 Å². The van der Waals surface area contributed by atoms with Crippen molar-refractivity contribution in [1.82, 2.24) is 0 Å². The number of hydrogen-bond donors (Lipinski definition) is 2. The largest absolute Gasteiger partial charge is 0.324 e. The number of rotatable bonds is 0. The van der Waals surface area contributed by atoms with Gasteiger partial charge in [0.15, 0.2) is 0 Å². The highest BCUT2D eigenvalue weighted by atomic mass is 32.1. The highest BCUT2D eigenvalue weighted by Gasteiger charge is 2.19. The smallest absolute Gasteiger partial charge is 0.228 e. The molecule has 14 heavy (non-hydrogen) atoms. The van der Waals surface area contributed by atoms with Crippen molar-refractivity contribution in [1.29, 1.82) is 0 Å². The van der Waals surface area contributed by atoms with Gasteiger partial charge in [-0.2, -0.15) is 12.6 Å². The summed E-state index contributed by atoms with van der Waals surface area (Å²) in [6.45, 7) is 0. The Kier molecular flexibility index (Phi) is 2.47. The number of anilines is 1. The fraction of sp³-hybridized carbons (Fsp3) is 0.182. The number of amides is 1. The molecule has 0 aliphatic carbocycles. The van der Waals surface area contributed by atoms with Crippen LogP contribution in [0.1, 0.15) is 11.1 Å². The van der Waals surface area contributed by atoms with E-state index in [1.165, 1.54) is 0 Å². The molecular formula is C11H9NOS. The Morgan fingerprint density at radius 3 is 3.14 bits per heavy atom. The predicted octanol–water partition coefficient (Wildman–Crippen LogP) is 1.46. The van der Waals surface area contributed by atoms with Crippen molar-refractivity contribution in [3.8, 4) is 11.8 Å². The van der Waals surface area contributed by atoms with Crippen molar-refractivity contribution < 1.29 is 4.79 Å². The molecule has 1 aliphatic rings. The lowest BCUT2D eigenvalue weighted by molar-refractivity contribution is -0.115. The van der Waals surface area contributed by atoms with Gasteiger partial charge in [0.2, 0.25) is 5.91 Å². The van der Waals surface area contributed by atoms with Crippen LogP contribution in [0, 0.1) is 11.8 Å². The third kappa shape index (κ3) is 1.61. The van der Waals surface area contributed by atoms with Gasteiger partial charge in [0, 0.05) is 5.56 Å². The number of carbonyl (C=O) groups is 1. The molecule has 0 fully saturated rings. The van der Waals surface area contributed by atoms with Gasteiger partial charge in [-0.05, 0) is 11.6 Å². The Morgan fingerprint density at radius 1 is 1.50 bits per heavy atom. The van der Waals surface area contributed by atoms with E-state index in [1.807, 2.05) is 18.2 Å². The quantitative estimate of drug-likeness (QED) is 0.485. The molecule has 0 bridgehead atoms. The predicted molar refractivity (Wildman–Crippen MR) is 59.5 cm³/mol. The second-order valence-corrected chi connectivity index (χ2v) is 3.34. The molecule has 0 unspecified atom stereocenters. The summed E-state index contributed by atoms with van der Waals surface area (Å²) in [7, 11) is 0. The van der Waals surface area contributed by atoms with Crippen molar-refractivity contribution in [2.45, 2.75) is 6.42 Å². The molecule has 3 heteroatoms. The van der Waals surface area contributed by atoms with Crippen molar-refractivity contribution in [3.63, 3.8) is 0 Å². The second kappa shape index (κ2) is 3.77. The van der Waals surface area contributed by atoms with E-state index in [-0.39, 0.29) is 5.91 Å². The van der Waals surface area contributed by atoms with Crippen molar-refractivity contribution in [3.05, 3.63) is 29.3 Å². The van der Waals surface area contributed by atoms with Crippen LogP contribution in [0.2, 0.25) is 0 Å². The van der Waals surface area contributed by atoms with Crippen LogP contribution >= 0.6 is 12.6 Å². The van der Waals surface area contributed by atoms with Gasteiger partial charge in [-0.25, -0.2) is 0 Å². The zero-order chi connectivity index (χ0) is 9.97. The zero-order valence-electron chi connectivity index (χ0n) is 7.50. The van der Waals surface area contributed by atoms with Crippen LogP contribution in [-0.2, 0) is 11.2 Å². The van der Waals surface area contributed by atoms with Gasteiger partial charge >= 0.3 is 0 Å². The van der Waals surface area contributed by atoms with E-state index >= 15 is 0 Å². The number of fused-ring (bicyclic) bond motifs is 1. The summed E-state index contributed by atoms with van der Waals surface area (Å²) in [6.07, 6.45) is 0.464. The summed E-state index contributed by atoms with van der Waals surface area (Å²) >= 11 is 4.01. The maximum Gasteiger partial charge on any atom is 0.228 e. The lowest BCUT2D eigenvalue weighted by Gasteiger charge is -2.00. The fourth-order valence-corrected chi connectivity index (χ4v) is 1.57. The topological polar surface area (TPSA) is 29.1 Å². The Balaban J connectivity index is 2.44. The first-order valence-electron chi connectivity index (χ1n) is 4.33. The minimum Gasteiger partial charge on any atom is -0.324 e. The Hall–Kier alpha value is -1.40. The molecule has 1 aromatic rings. The molecule has 1 heterocycles. The summed E-state index contributed by atoms with van der Waals surface area (Å²) in [4.78, 5) is 11.2.